The Morgan fingerprint density at radius 3 is 2.70 bits per heavy atom. The fourth-order valence-corrected chi connectivity index (χ4v) is 2.97. The Hall–Kier alpha value is -1.42. The van der Waals surface area contributed by atoms with E-state index in [1.165, 1.54) is 6.07 Å². The summed E-state index contributed by atoms with van der Waals surface area (Å²) in [5, 5.41) is 10.2. The minimum absolute atomic E-state index is 0.111. The van der Waals surface area contributed by atoms with Gasteiger partial charge < -0.3 is 10.0 Å². The third-order valence-corrected chi connectivity index (χ3v) is 4.09. The number of carbonyl (C=O) groups is 1. The van der Waals surface area contributed by atoms with Gasteiger partial charge in [-0.1, -0.05) is 18.2 Å². The zero-order chi connectivity index (χ0) is 14.9. The summed E-state index contributed by atoms with van der Waals surface area (Å²) in [6, 6.07) is 6.18. The van der Waals surface area contributed by atoms with Crippen molar-refractivity contribution in [3.8, 4) is 0 Å². The fourth-order valence-electron chi connectivity index (χ4n) is 2.97. The molecule has 0 bridgehead atoms. The number of benzene rings is 1. The molecule has 110 valence electrons. The van der Waals surface area contributed by atoms with Crippen molar-refractivity contribution in [1.82, 2.24) is 4.90 Å². The number of hydrogen-bond donors (Lipinski definition) is 1. The summed E-state index contributed by atoms with van der Waals surface area (Å²) >= 11 is 0. The van der Waals surface area contributed by atoms with Gasteiger partial charge in [-0.05, 0) is 45.2 Å². The van der Waals surface area contributed by atoms with Crippen LogP contribution in [-0.2, 0) is 4.79 Å². The maximum absolute atomic E-state index is 13.8. The van der Waals surface area contributed by atoms with Crippen LogP contribution in [0.2, 0.25) is 0 Å². The SMILES string of the molecule is CC(C(=O)N1CCCC1C(C)(C)O)c1ccccc1F. The lowest BCUT2D eigenvalue weighted by Crippen LogP contribution is -2.49. The molecule has 1 aromatic rings. The van der Waals surface area contributed by atoms with Gasteiger partial charge in [-0.15, -0.1) is 0 Å². The van der Waals surface area contributed by atoms with Crippen LogP contribution in [0.25, 0.3) is 0 Å². The predicted octanol–water partition coefficient (Wildman–Crippen LogP) is 2.69. The third kappa shape index (κ3) is 2.85. The highest BCUT2D eigenvalue weighted by Gasteiger charge is 2.40. The lowest BCUT2D eigenvalue weighted by molar-refractivity contribution is -0.137. The summed E-state index contributed by atoms with van der Waals surface area (Å²) < 4.78 is 13.8. The molecule has 1 heterocycles. The van der Waals surface area contributed by atoms with Gasteiger partial charge in [0, 0.05) is 6.54 Å². The van der Waals surface area contributed by atoms with Gasteiger partial charge in [-0.3, -0.25) is 4.79 Å². The normalized spacial score (nSPS) is 21.1. The predicted molar refractivity (Wildman–Crippen MR) is 75.8 cm³/mol. The van der Waals surface area contributed by atoms with E-state index in [1.54, 1.807) is 43.9 Å². The first kappa shape index (κ1) is 15.0. The molecule has 1 aliphatic rings. The molecule has 1 N–H and O–H groups in total. The van der Waals surface area contributed by atoms with Crippen LogP contribution in [0.5, 0.6) is 0 Å². The molecule has 1 saturated heterocycles. The van der Waals surface area contributed by atoms with Gasteiger partial charge in [0.15, 0.2) is 0 Å². The molecule has 2 unspecified atom stereocenters. The van der Waals surface area contributed by atoms with Crippen molar-refractivity contribution in [3.63, 3.8) is 0 Å². The van der Waals surface area contributed by atoms with Crippen molar-refractivity contribution >= 4 is 5.91 Å². The number of amides is 1. The first-order valence-electron chi connectivity index (χ1n) is 7.09. The smallest absolute Gasteiger partial charge is 0.230 e. The van der Waals surface area contributed by atoms with Crippen molar-refractivity contribution in [1.29, 1.82) is 0 Å². The maximum Gasteiger partial charge on any atom is 0.230 e. The number of rotatable bonds is 3. The minimum Gasteiger partial charge on any atom is -0.388 e. The second-order valence-electron chi connectivity index (χ2n) is 6.09. The molecule has 0 spiro atoms. The van der Waals surface area contributed by atoms with Gasteiger partial charge in [-0.25, -0.2) is 4.39 Å². The lowest BCUT2D eigenvalue weighted by atomic mass is 9.94. The molecule has 1 aromatic carbocycles. The Morgan fingerprint density at radius 2 is 2.10 bits per heavy atom. The quantitative estimate of drug-likeness (QED) is 0.924. The zero-order valence-corrected chi connectivity index (χ0v) is 12.3. The summed E-state index contributed by atoms with van der Waals surface area (Å²) in [4.78, 5) is 14.3. The average Bonchev–Trinajstić information content (AvgIpc) is 2.86. The van der Waals surface area contributed by atoms with Crippen LogP contribution < -0.4 is 0 Å². The van der Waals surface area contributed by atoms with Gasteiger partial charge in [0.1, 0.15) is 5.82 Å². The molecule has 0 saturated carbocycles. The summed E-state index contributed by atoms with van der Waals surface area (Å²) in [6.07, 6.45) is 1.67. The molecule has 3 nitrogen and oxygen atoms in total. The van der Waals surface area contributed by atoms with Crippen molar-refractivity contribution in [2.24, 2.45) is 0 Å². The highest BCUT2D eigenvalue weighted by Crippen LogP contribution is 2.30. The van der Waals surface area contributed by atoms with Gasteiger partial charge in [0.2, 0.25) is 5.91 Å². The van der Waals surface area contributed by atoms with E-state index in [-0.39, 0.29) is 17.8 Å². The second-order valence-corrected chi connectivity index (χ2v) is 6.09. The van der Waals surface area contributed by atoms with E-state index >= 15 is 0 Å². The van der Waals surface area contributed by atoms with E-state index in [2.05, 4.69) is 0 Å². The largest absolute Gasteiger partial charge is 0.388 e. The standard InChI is InChI=1S/C16H22FNO2/c1-11(12-7-4-5-8-13(12)17)15(19)18-10-6-9-14(18)16(2,3)20/h4-5,7-8,11,14,20H,6,9-10H2,1-3H3. The molecule has 20 heavy (non-hydrogen) atoms. The van der Waals surface area contributed by atoms with Gasteiger partial charge in [0.25, 0.3) is 0 Å². The first-order valence-corrected chi connectivity index (χ1v) is 7.09. The van der Waals surface area contributed by atoms with Crippen molar-refractivity contribution in [2.45, 2.75) is 51.2 Å². The van der Waals surface area contributed by atoms with Crippen molar-refractivity contribution in [2.75, 3.05) is 6.54 Å². The number of carbonyl (C=O) groups excluding carboxylic acids is 1. The monoisotopic (exact) mass is 279 g/mol. The van der Waals surface area contributed by atoms with E-state index in [9.17, 15) is 14.3 Å². The number of nitrogens with zero attached hydrogens (tertiary/aromatic N) is 1. The van der Waals surface area contributed by atoms with Crippen molar-refractivity contribution in [3.05, 3.63) is 35.6 Å². The molecule has 2 atom stereocenters. The molecular formula is C16H22FNO2. The number of aliphatic hydroxyl groups is 1. The maximum atomic E-state index is 13.8. The van der Waals surface area contributed by atoms with Crippen LogP contribution in [0.4, 0.5) is 4.39 Å². The van der Waals surface area contributed by atoms with Gasteiger partial charge >= 0.3 is 0 Å². The van der Waals surface area contributed by atoms with Crippen LogP contribution in [0.1, 0.15) is 45.1 Å². The Morgan fingerprint density at radius 1 is 1.45 bits per heavy atom. The van der Waals surface area contributed by atoms with E-state index in [4.69, 9.17) is 0 Å². The van der Waals surface area contributed by atoms with Gasteiger partial charge in [-0.2, -0.15) is 0 Å². The molecule has 1 aliphatic heterocycles. The molecule has 1 fully saturated rings. The topological polar surface area (TPSA) is 40.5 Å². The second kappa shape index (κ2) is 5.52. The molecule has 2 rings (SSSR count). The minimum atomic E-state index is -0.929. The van der Waals surface area contributed by atoms with Crippen LogP contribution in [0.15, 0.2) is 24.3 Å². The summed E-state index contributed by atoms with van der Waals surface area (Å²) in [6.45, 7) is 5.79. The number of likely N-dealkylation sites (tertiary alicyclic amines) is 1. The highest BCUT2D eigenvalue weighted by molar-refractivity contribution is 5.84. The van der Waals surface area contributed by atoms with Gasteiger partial charge in [0.05, 0.1) is 17.6 Å². The van der Waals surface area contributed by atoms with E-state index in [1.807, 2.05) is 0 Å². The number of hydrogen-bond acceptors (Lipinski definition) is 2. The summed E-state index contributed by atoms with van der Waals surface area (Å²) in [7, 11) is 0. The van der Waals surface area contributed by atoms with E-state index in [0.717, 1.165) is 12.8 Å². The van der Waals surface area contributed by atoms with Crippen molar-refractivity contribution < 1.29 is 14.3 Å². The Labute approximate surface area is 119 Å². The molecule has 0 radical (unpaired) electrons. The van der Waals surface area contributed by atoms with E-state index < -0.39 is 11.5 Å². The summed E-state index contributed by atoms with van der Waals surface area (Å²) in [5.74, 6) is -0.994. The fraction of sp³-hybridized carbons (Fsp3) is 0.562. The van der Waals surface area contributed by atoms with E-state index in [0.29, 0.717) is 12.1 Å². The molecule has 0 aromatic heterocycles. The lowest BCUT2D eigenvalue weighted by Gasteiger charge is -2.35. The third-order valence-electron chi connectivity index (χ3n) is 4.09. The zero-order valence-electron chi connectivity index (χ0n) is 12.3. The Balaban J connectivity index is 2.21. The molecular weight excluding hydrogens is 257 g/mol. The summed E-state index contributed by atoms with van der Waals surface area (Å²) in [5.41, 5.74) is -0.514. The number of halogens is 1. The molecule has 4 heteroatoms. The molecule has 0 aliphatic carbocycles. The molecule has 1 amide bonds. The van der Waals surface area contributed by atoms with Crippen LogP contribution in [-0.4, -0.2) is 34.1 Å². The highest BCUT2D eigenvalue weighted by atomic mass is 19.1. The average molecular weight is 279 g/mol. The van der Waals surface area contributed by atoms with Crippen LogP contribution in [0.3, 0.4) is 0 Å². The Bertz CT molecular complexity index is 495. The van der Waals surface area contributed by atoms with Crippen LogP contribution in [0, 0.1) is 5.82 Å². The van der Waals surface area contributed by atoms with Crippen LogP contribution >= 0.6 is 0 Å². The first-order chi connectivity index (χ1) is 9.32. The Kier molecular flexibility index (Phi) is 4.14.